The molecule has 0 aliphatic heterocycles. The second-order valence-electron chi connectivity index (χ2n) is 6.02. The number of rotatable bonds is 7. The molecule has 0 bridgehead atoms. The summed E-state index contributed by atoms with van der Waals surface area (Å²) in [6.07, 6.45) is 6.85. The van der Waals surface area contributed by atoms with Gasteiger partial charge in [-0.25, -0.2) is 4.79 Å². The molecule has 7 heteroatoms. The lowest BCUT2D eigenvalue weighted by molar-refractivity contribution is -0.122. The summed E-state index contributed by atoms with van der Waals surface area (Å²) in [4.78, 5) is 23.0. The second-order valence-corrected chi connectivity index (χ2v) is 6.02. The predicted molar refractivity (Wildman–Crippen MR) is 96.1 cm³/mol. The van der Waals surface area contributed by atoms with E-state index < -0.39 is 5.97 Å². The molecule has 0 aliphatic carbocycles. The zero-order valence-electron chi connectivity index (χ0n) is 14.4. The molecule has 26 heavy (non-hydrogen) atoms. The average molecular weight is 352 g/mol. The van der Waals surface area contributed by atoms with Gasteiger partial charge < -0.3 is 15.0 Å². The maximum absolute atomic E-state index is 12.2. The van der Waals surface area contributed by atoms with Crippen molar-refractivity contribution in [2.75, 3.05) is 0 Å². The molecule has 1 aromatic carbocycles. The molecular weight excluding hydrogens is 332 g/mol. The van der Waals surface area contributed by atoms with Gasteiger partial charge in [-0.05, 0) is 36.8 Å². The first-order valence-corrected chi connectivity index (χ1v) is 8.31. The quantitative estimate of drug-likeness (QED) is 0.684. The summed E-state index contributed by atoms with van der Waals surface area (Å²) in [6.45, 7) is 2.26. The molecule has 0 radical (unpaired) electrons. The first kappa shape index (κ1) is 17.5. The number of hydrogen-bond acceptors (Lipinski definition) is 3. The van der Waals surface area contributed by atoms with Crippen molar-refractivity contribution in [1.29, 1.82) is 0 Å². The molecule has 7 nitrogen and oxygen atoms in total. The van der Waals surface area contributed by atoms with Gasteiger partial charge in [0.25, 0.3) is 0 Å². The van der Waals surface area contributed by atoms with Crippen molar-refractivity contribution in [3.05, 3.63) is 72.3 Å². The molecule has 0 aliphatic rings. The first-order chi connectivity index (χ1) is 12.5. The number of aryl methyl sites for hydroxylation is 1. The minimum Gasteiger partial charge on any atom is -0.478 e. The van der Waals surface area contributed by atoms with E-state index in [-0.39, 0.29) is 23.9 Å². The molecule has 2 N–H and O–H groups in total. The van der Waals surface area contributed by atoms with Crippen molar-refractivity contribution in [3.8, 4) is 5.69 Å². The molecule has 134 valence electrons. The van der Waals surface area contributed by atoms with Gasteiger partial charge in [-0.15, -0.1) is 0 Å². The fraction of sp³-hybridized carbons (Fsp3) is 0.211. The lowest BCUT2D eigenvalue weighted by atomic mass is 10.1. The lowest BCUT2D eigenvalue weighted by Gasteiger charge is -2.16. The number of carboxylic acid groups (broad SMARTS) is 1. The molecular formula is C19H20N4O3. The van der Waals surface area contributed by atoms with Gasteiger partial charge in [-0.3, -0.25) is 9.48 Å². The third-order valence-electron chi connectivity index (χ3n) is 4.10. The maximum atomic E-state index is 12.2. The highest BCUT2D eigenvalue weighted by molar-refractivity contribution is 5.86. The highest BCUT2D eigenvalue weighted by Crippen LogP contribution is 2.17. The molecule has 2 heterocycles. The Morgan fingerprint density at radius 3 is 2.69 bits per heavy atom. The van der Waals surface area contributed by atoms with Crippen LogP contribution in [-0.2, 0) is 11.3 Å². The van der Waals surface area contributed by atoms with Gasteiger partial charge >= 0.3 is 5.97 Å². The Morgan fingerprint density at radius 2 is 2.00 bits per heavy atom. The van der Waals surface area contributed by atoms with Crippen molar-refractivity contribution in [3.63, 3.8) is 0 Å². The van der Waals surface area contributed by atoms with Gasteiger partial charge in [-0.1, -0.05) is 12.1 Å². The SMILES string of the molecule is CC(NC(=O)CCn1cc(C(=O)O)cn1)c1cccc(-n2cccc2)c1. The number of aromatic carboxylic acids is 1. The fourth-order valence-electron chi connectivity index (χ4n) is 2.67. The van der Waals surface area contributed by atoms with E-state index in [4.69, 9.17) is 5.11 Å². The number of aromatic nitrogens is 3. The van der Waals surface area contributed by atoms with Crippen LogP contribution >= 0.6 is 0 Å². The summed E-state index contributed by atoms with van der Waals surface area (Å²) in [6, 6.07) is 11.8. The van der Waals surface area contributed by atoms with E-state index in [0.29, 0.717) is 6.54 Å². The summed E-state index contributed by atoms with van der Waals surface area (Å²) < 4.78 is 3.47. The summed E-state index contributed by atoms with van der Waals surface area (Å²) in [7, 11) is 0. The Balaban J connectivity index is 1.57. The van der Waals surface area contributed by atoms with Gasteiger partial charge in [0.1, 0.15) is 0 Å². The van der Waals surface area contributed by atoms with Crippen molar-refractivity contribution in [1.82, 2.24) is 19.7 Å². The predicted octanol–water partition coefficient (Wildman–Crippen LogP) is 2.64. The number of hydrogen-bond donors (Lipinski definition) is 2. The van der Waals surface area contributed by atoms with E-state index in [1.165, 1.54) is 17.1 Å². The summed E-state index contributed by atoms with van der Waals surface area (Å²) in [5.74, 6) is -1.15. The third-order valence-corrected chi connectivity index (χ3v) is 4.10. The van der Waals surface area contributed by atoms with E-state index in [9.17, 15) is 9.59 Å². The van der Waals surface area contributed by atoms with Crippen LogP contribution in [-0.4, -0.2) is 31.3 Å². The Labute approximate surface area is 150 Å². The van der Waals surface area contributed by atoms with Crippen molar-refractivity contribution in [2.45, 2.75) is 25.9 Å². The molecule has 0 spiro atoms. The average Bonchev–Trinajstić information content (AvgIpc) is 3.32. The number of amides is 1. The van der Waals surface area contributed by atoms with E-state index >= 15 is 0 Å². The van der Waals surface area contributed by atoms with Crippen LogP contribution in [0.2, 0.25) is 0 Å². The molecule has 1 amide bonds. The summed E-state index contributed by atoms with van der Waals surface area (Å²) >= 11 is 0. The van der Waals surface area contributed by atoms with Crippen LogP contribution in [0.5, 0.6) is 0 Å². The first-order valence-electron chi connectivity index (χ1n) is 8.31. The molecule has 0 saturated carbocycles. The van der Waals surface area contributed by atoms with Gasteiger partial charge in [-0.2, -0.15) is 5.10 Å². The highest BCUT2D eigenvalue weighted by Gasteiger charge is 2.12. The van der Waals surface area contributed by atoms with Crippen LogP contribution in [0.1, 0.15) is 35.3 Å². The second kappa shape index (κ2) is 7.69. The monoisotopic (exact) mass is 352 g/mol. The van der Waals surface area contributed by atoms with Crippen LogP contribution in [0.3, 0.4) is 0 Å². The third kappa shape index (κ3) is 4.18. The van der Waals surface area contributed by atoms with Crippen LogP contribution in [0.4, 0.5) is 0 Å². The number of carbonyl (C=O) groups is 2. The lowest BCUT2D eigenvalue weighted by Crippen LogP contribution is -2.27. The van der Waals surface area contributed by atoms with Crippen LogP contribution < -0.4 is 5.32 Å². The Hall–Kier alpha value is -3.35. The van der Waals surface area contributed by atoms with Crippen LogP contribution in [0.25, 0.3) is 5.69 Å². The van der Waals surface area contributed by atoms with E-state index in [1.807, 2.05) is 60.3 Å². The van der Waals surface area contributed by atoms with Crippen LogP contribution in [0.15, 0.2) is 61.2 Å². The molecule has 0 fully saturated rings. The number of carboxylic acids is 1. The molecule has 0 saturated heterocycles. The van der Waals surface area contributed by atoms with Gasteiger partial charge in [0.05, 0.1) is 17.8 Å². The van der Waals surface area contributed by atoms with Crippen molar-refractivity contribution in [2.24, 2.45) is 0 Å². The largest absolute Gasteiger partial charge is 0.478 e. The van der Waals surface area contributed by atoms with Gasteiger partial charge in [0.2, 0.25) is 5.91 Å². The summed E-state index contributed by atoms with van der Waals surface area (Å²) in [5, 5.41) is 15.8. The zero-order chi connectivity index (χ0) is 18.5. The smallest absolute Gasteiger partial charge is 0.338 e. The molecule has 3 rings (SSSR count). The van der Waals surface area contributed by atoms with Gasteiger partial charge in [0.15, 0.2) is 0 Å². The molecule has 1 atom stereocenters. The fourth-order valence-corrected chi connectivity index (χ4v) is 2.67. The highest BCUT2D eigenvalue weighted by atomic mass is 16.4. The van der Waals surface area contributed by atoms with Crippen molar-refractivity contribution < 1.29 is 14.7 Å². The molecule has 2 aromatic heterocycles. The minimum atomic E-state index is -1.03. The Morgan fingerprint density at radius 1 is 1.23 bits per heavy atom. The van der Waals surface area contributed by atoms with E-state index in [1.54, 1.807) is 0 Å². The van der Waals surface area contributed by atoms with Crippen LogP contribution in [0, 0.1) is 0 Å². The Kier molecular flexibility index (Phi) is 5.17. The maximum Gasteiger partial charge on any atom is 0.338 e. The standard InChI is InChI=1S/C19H20N4O3/c1-14(15-5-4-6-17(11-15)22-8-2-3-9-22)21-18(24)7-10-23-13-16(12-20-23)19(25)26/h2-6,8-9,11-14H,7,10H2,1H3,(H,21,24)(H,25,26). The number of carbonyl (C=O) groups excluding carboxylic acids is 1. The number of nitrogens with zero attached hydrogens (tertiary/aromatic N) is 3. The Bertz CT molecular complexity index is 899. The number of nitrogens with one attached hydrogen (secondary N) is 1. The van der Waals surface area contributed by atoms with E-state index in [0.717, 1.165) is 11.3 Å². The normalized spacial score (nSPS) is 11.9. The van der Waals surface area contributed by atoms with E-state index in [2.05, 4.69) is 10.4 Å². The van der Waals surface area contributed by atoms with Gasteiger partial charge in [0, 0.05) is 37.2 Å². The topological polar surface area (TPSA) is 89.2 Å². The summed E-state index contributed by atoms with van der Waals surface area (Å²) in [5.41, 5.74) is 2.16. The van der Waals surface area contributed by atoms with Crippen molar-refractivity contribution >= 4 is 11.9 Å². The minimum absolute atomic E-state index is 0.112. The molecule has 1 unspecified atom stereocenters. The number of benzene rings is 1. The molecule has 3 aromatic rings. The zero-order valence-corrected chi connectivity index (χ0v) is 14.4.